The van der Waals surface area contributed by atoms with E-state index in [9.17, 15) is 8.42 Å². The van der Waals surface area contributed by atoms with Gasteiger partial charge in [0.2, 0.25) is 0 Å². The number of sulfone groups is 1. The third-order valence-electron chi connectivity index (χ3n) is 5.28. The van der Waals surface area contributed by atoms with Crippen molar-refractivity contribution in [2.75, 3.05) is 30.3 Å². The van der Waals surface area contributed by atoms with E-state index in [1.54, 1.807) is 18.7 Å². The summed E-state index contributed by atoms with van der Waals surface area (Å²) in [6, 6.07) is 0.172. The molecule has 0 aromatic rings. The van der Waals surface area contributed by atoms with Gasteiger partial charge in [0.25, 0.3) is 0 Å². The Labute approximate surface area is 134 Å². The van der Waals surface area contributed by atoms with E-state index in [0.717, 1.165) is 25.3 Å². The van der Waals surface area contributed by atoms with E-state index in [1.807, 2.05) is 0 Å². The van der Waals surface area contributed by atoms with E-state index in [-0.39, 0.29) is 22.6 Å². The van der Waals surface area contributed by atoms with Gasteiger partial charge in [0, 0.05) is 36.4 Å². The Morgan fingerprint density at radius 3 is 2.76 bits per heavy atom. The Kier molecular flexibility index (Phi) is 5.66. The molecule has 2 aliphatic rings. The van der Waals surface area contributed by atoms with Gasteiger partial charge in [0.15, 0.2) is 9.84 Å². The summed E-state index contributed by atoms with van der Waals surface area (Å²) in [7, 11) is -3.00. The zero-order valence-corrected chi connectivity index (χ0v) is 15.2. The average Bonchev–Trinajstić information content (AvgIpc) is 2.44. The Balaban J connectivity index is 2.09. The van der Waals surface area contributed by atoms with Gasteiger partial charge >= 0.3 is 0 Å². The van der Waals surface area contributed by atoms with Crippen LogP contribution in [-0.2, 0) is 9.84 Å². The molecule has 4 nitrogen and oxygen atoms in total. The van der Waals surface area contributed by atoms with Gasteiger partial charge in [-0.05, 0) is 24.2 Å². The van der Waals surface area contributed by atoms with Gasteiger partial charge in [0.1, 0.15) is 5.37 Å². The molecule has 2 fully saturated rings. The van der Waals surface area contributed by atoms with Gasteiger partial charge < -0.3 is 5.73 Å². The van der Waals surface area contributed by atoms with Crippen LogP contribution in [0.5, 0.6) is 0 Å². The van der Waals surface area contributed by atoms with E-state index >= 15 is 0 Å². The first kappa shape index (κ1) is 17.6. The maximum Gasteiger partial charge on any atom is 0.166 e. The molecule has 6 heteroatoms. The Morgan fingerprint density at radius 2 is 2.10 bits per heavy atom. The molecular weight excluding hydrogens is 304 g/mol. The highest BCUT2D eigenvalue weighted by atomic mass is 32.2. The number of nitrogens with two attached hydrogens (primary N) is 1. The summed E-state index contributed by atoms with van der Waals surface area (Å²) >= 11 is 1.76. The van der Waals surface area contributed by atoms with Crippen LogP contribution in [-0.4, -0.2) is 55.1 Å². The minimum absolute atomic E-state index is 0.172. The Hall–Kier alpha value is 0.220. The Morgan fingerprint density at radius 1 is 1.38 bits per heavy atom. The van der Waals surface area contributed by atoms with Crippen LogP contribution in [0.3, 0.4) is 0 Å². The predicted octanol–water partition coefficient (Wildman–Crippen LogP) is 1.95. The molecule has 124 valence electrons. The van der Waals surface area contributed by atoms with Gasteiger partial charge in [-0.2, -0.15) is 11.8 Å². The minimum Gasteiger partial charge on any atom is -0.327 e. The van der Waals surface area contributed by atoms with Crippen LogP contribution in [0.1, 0.15) is 40.0 Å². The molecular formula is C15H30N2O2S2. The van der Waals surface area contributed by atoms with Crippen molar-refractivity contribution in [1.82, 2.24) is 4.90 Å². The van der Waals surface area contributed by atoms with Crippen molar-refractivity contribution in [3.05, 3.63) is 0 Å². The van der Waals surface area contributed by atoms with E-state index < -0.39 is 9.84 Å². The van der Waals surface area contributed by atoms with Gasteiger partial charge in [-0.1, -0.05) is 27.2 Å². The van der Waals surface area contributed by atoms with Crippen LogP contribution in [0.2, 0.25) is 0 Å². The smallest absolute Gasteiger partial charge is 0.166 e. The molecule has 0 amide bonds. The first-order valence-corrected chi connectivity index (χ1v) is 10.9. The zero-order valence-electron chi connectivity index (χ0n) is 13.5. The molecule has 2 rings (SSSR count). The summed E-state index contributed by atoms with van der Waals surface area (Å²) < 4.78 is 24.7. The minimum atomic E-state index is -3.00. The van der Waals surface area contributed by atoms with Crippen LogP contribution in [0, 0.1) is 11.3 Å². The highest BCUT2D eigenvalue weighted by molar-refractivity contribution is 8.01. The van der Waals surface area contributed by atoms with Crippen molar-refractivity contribution in [2.45, 2.75) is 51.4 Å². The number of hydrogen-bond donors (Lipinski definition) is 1. The third-order valence-corrected chi connectivity index (χ3v) is 8.62. The van der Waals surface area contributed by atoms with Crippen LogP contribution in [0.4, 0.5) is 0 Å². The fourth-order valence-corrected chi connectivity index (χ4v) is 6.75. The number of hydrogen-bond acceptors (Lipinski definition) is 5. The monoisotopic (exact) mass is 334 g/mol. The summed E-state index contributed by atoms with van der Waals surface area (Å²) in [6.45, 7) is 7.96. The molecule has 0 aromatic heterocycles. The molecule has 0 aromatic carbocycles. The molecule has 2 N–H and O–H groups in total. The third kappa shape index (κ3) is 3.95. The molecule has 21 heavy (non-hydrogen) atoms. The second-order valence-electron chi connectivity index (χ2n) is 7.14. The number of nitrogens with zero attached hydrogens (tertiary/aromatic N) is 1. The van der Waals surface area contributed by atoms with Crippen LogP contribution >= 0.6 is 11.8 Å². The quantitative estimate of drug-likeness (QED) is 0.851. The molecule has 0 spiro atoms. The summed E-state index contributed by atoms with van der Waals surface area (Å²) in [5, 5.41) is -0.307. The van der Waals surface area contributed by atoms with Crippen molar-refractivity contribution in [3.8, 4) is 0 Å². The SMILES string of the molecule is CCS(=O)(=O)C1CSCCN1CC1CCCC(C)(C)C1N. The fourth-order valence-electron chi connectivity index (χ4n) is 3.66. The second kappa shape index (κ2) is 6.77. The molecule has 0 bridgehead atoms. The second-order valence-corrected chi connectivity index (χ2v) is 10.7. The predicted molar refractivity (Wildman–Crippen MR) is 91.2 cm³/mol. The van der Waals surface area contributed by atoms with Gasteiger partial charge in [-0.3, -0.25) is 4.90 Å². The van der Waals surface area contributed by atoms with E-state index in [2.05, 4.69) is 18.7 Å². The summed E-state index contributed by atoms with van der Waals surface area (Å²) in [4.78, 5) is 2.20. The van der Waals surface area contributed by atoms with Crippen molar-refractivity contribution in [3.63, 3.8) is 0 Å². The van der Waals surface area contributed by atoms with Crippen molar-refractivity contribution in [2.24, 2.45) is 17.1 Å². The lowest BCUT2D eigenvalue weighted by atomic mass is 9.68. The summed E-state index contributed by atoms with van der Waals surface area (Å²) in [6.07, 6.45) is 3.52. The molecule has 0 radical (unpaired) electrons. The summed E-state index contributed by atoms with van der Waals surface area (Å²) in [5.41, 5.74) is 6.65. The first-order chi connectivity index (χ1) is 9.78. The Bertz CT molecular complexity index is 451. The maximum absolute atomic E-state index is 12.3. The van der Waals surface area contributed by atoms with Crippen molar-refractivity contribution in [1.29, 1.82) is 0 Å². The molecule has 1 heterocycles. The lowest BCUT2D eigenvalue weighted by Crippen LogP contribution is -2.55. The van der Waals surface area contributed by atoms with E-state index in [1.165, 1.54) is 12.8 Å². The lowest BCUT2D eigenvalue weighted by molar-refractivity contribution is 0.101. The lowest BCUT2D eigenvalue weighted by Gasteiger charge is -2.45. The highest BCUT2D eigenvalue weighted by Crippen LogP contribution is 2.38. The number of rotatable bonds is 4. The van der Waals surface area contributed by atoms with Crippen LogP contribution in [0.25, 0.3) is 0 Å². The standard InChI is InChI=1S/C15H30N2O2S2/c1-4-21(18,19)13-11-20-9-8-17(13)10-12-6-5-7-15(2,3)14(12)16/h12-14H,4-11,16H2,1-3H3. The van der Waals surface area contributed by atoms with Crippen LogP contribution < -0.4 is 5.73 Å². The molecule has 1 aliphatic carbocycles. The first-order valence-electron chi connectivity index (χ1n) is 8.07. The molecule has 3 atom stereocenters. The molecule has 3 unspecified atom stereocenters. The van der Waals surface area contributed by atoms with Gasteiger partial charge in [0.05, 0.1) is 0 Å². The van der Waals surface area contributed by atoms with Crippen LogP contribution in [0.15, 0.2) is 0 Å². The zero-order chi connectivity index (χ0) is 15.7. The maximum atomic E-state index is 12.3. The molecule has 1 aliphatic heterocycles. The van der Waals surface area contributed by atoms with Crippen molar-refractivity contribution >= 4 is 21.6 Å². The molecule has 1 saturated heterocycles. The molecule has 1 saturated carbocycles. The summed E-state index contributed by atoms with van der Waals surface area (Å²) in [5.74, 6) is 2.39. The number of thioether (sulfide) groups is 1. The van der Waals surface area contributed by atoms with E-state index in [4.69, 9.17) is 5.73 Å². The normalized spacial score (nSPS) is 34.8. The highest BCUT2D eigenvalue weighted by Gasteiger charge is 2.40. The van der Waals surface area contributed by atoms with Gasteiger partial charge in [-0.25, -0.2) is 8.42 Å². The topological polar surface area (TPSA) is 63.4 Å². The largest absolute Gasteiger partial charge is 0.327 e. The fraction of sp³-hybridized carbons (Fsp3) is 1.00. The van der Waals surface area contributed by atoms with Crippen molar-refractivity contribution < 1.29 is 8.42 Å². The van der Waals surface area contributed by atoms with E-state index in [0.29, 0.717) is 11.7 Å². The average molecular weight is 335 g/mol. The van der Waals surface area contributed by atoms with Gasteiger partial charge in [-0.15, -0.1) is 0 Å².